The highest BCUT2D eigenvalue weighted by molar-refractivity contribution is 5.85. The van der Waals surface area contributed by atoms with Gasteiger partial charge in [0.15, 0.2) is 0 Å². The Hall–Kier alpha value is -1.20. The van der Waals surface area contributed by atoms with Crippen LogP contribution < -0.4 is 0 Å². The molecule has 196 valence electrons. The summed E-state index contributed by atoms with van der Waals surface area (Å²) in [5.74, 6) is 0.00601. The Balaban J connectivity index is 1.63. The molecule has 0 heterocycles. The van der Waals surface area contributed by atoms with Gasteiger partial charge in [-0.15, -0.1) is 0 Å². The summed E-state index contributed by atoms with van der Waals surface area (Å²) in [6, 6.07) is 0. The number of rotatable bonds is 2. The SMILES string of the molecule is CC1(C)C(=O)CC[C@@]2(C)C1CC[C@]1(C)C2CC=C2C3C[C@](C)(CO)CC[C@]3(C(=O)O)[C@H](O)C[C@]21C. The molecule has 0 radical (unpaired) electrons. The maximum atomic E-state index is 12.9. The summed E-state index contributed by atoms with van der Waals surface area (Å²) in [7, 11) is 0. The third-order valence-electron chi connectivity index (χ3n) is 13.1. The van der Waals surface area contributed by atoms with Crippen LogP contribution in [0.3, 0.4) is 0 Å². The maximum Gasteiger partial charge on any atom is 0.312 e. The normalized spacial score (nSPS) is 52.9. The van der Waals surface area contributed by atoms with Gasteiger partial charge in [-0.1, -0.05) is 53.2 Å². The van der Waals surface area contributed by atoms with E-state index in [1.807, 2.05) is 0 Å². The number of hydrogen-bond donors (Lipinski definition) is 3. The van der Waals surface area contributed by atoms with Gasteiger partial charge in [0.25, 0.3) is 0 Å². The molecule has 3 unspecified atom stereocenters. The molecular formula is C30H46O5. The molecule has 0 aromatic rings. The standard InChI is InChI=1S/C30H46O5/c1-25(2)20-9-12-28(5)21(27(20,4)11-10-22(25)32)8-7-18-19-15-26(3,17-31)13-14-30(19,24(34)35)23(33)16-29(18,28)6/h7,19-21,23,31,33H,8-17H2,1-6H3,(H,34,35)/t19?,20?,21?,23-,26-,27+,28-,29-,30-/m1/s1. The zero-order valence-electron chi connectivity index (χ0n) is 22.6. The molecule has 0 spiro atoms. The number of fused-ring (bicyclic) bond motifs is 7. The molecule has 5 aliphatic rings. The van der Waals surface area contributed by atoms with Gasteiger partial charge >= 0.3 is 5.97 Å². The van der Waals surface area contributed by atoms with E-state index in [2.05, 4.69) is 47.6 Å². The highest BCUT2D eigenvalue weighted by atomic mass is 16.4. The van der Waals surface area contributed by atoms with Gasteiger partial charge in [-0.2, -0.15) is 0 Å². The zero-order valence-corrected chi connectivity index (χ0v) is 22.6. The number of hydrogen-bond acceptors (Lipinski definition) is 4. The number of aliphatic carboxylic acids is 1. The Morgan fingerprint density at radius 2 is 1.69 bits per heavy atom. The molecule has 5 rings (SSSR count). The first kappa shape index (κ1) is 25.4. The molecule has 0 saturated heterocycles. The molecule has 0 aliphatic heterocycles. The molecular weight excluding hydrogens is 440 g/mol. The van der Waals surface area contributed by atoms with Gasteiger partial charge in [0.05, 0.1) is 6.10 Å². The van der Waals surface area contributed by atoms with E-state index in [1.54, 1.807) is 0 Å². The second-order valence-electron chi connectivity index (χ2n) is 14.7. The van der Waals surface area contributed by atoms with E-state index in [0.29, 0.717) is 49.7 Å². The number of ketones is 1. The monoisotopic (exact) mass is 486 g/mol. The minimum absolute atomic E-state index is 0.0437. The number of carboxylic acids is 1. The lowest BCUT2D eigenvalue weighted by atomic mass is 9.33. The van der Waals surface area contributed by atoms with Crippen LogP contribution in [0.15, 0.2) is 11.6 Å². The minimum atomic E-state index is -1.16. The van der Waals surface area contributed by atoms with Gasteiger partial charge in [0, 0.05) is 18.4 Å². The number of Topliss-reactive ketones (excluding diaryl/α,β-unsaturated/α-hetero) is 1. The van der Waals surface area contributed by atoms with E-state index in [4.69, 9.17) is 0 Å². The summed E-state index contributed by atoms with van der Waals surface area (Å²) in [6.07, 6.45) is 8.06. The quantitative estimate of drug-likeness (QED) is 0.455. The topological polar surface area (TPSA) is 94.8 Å². The van der Waals surface area contributed by atoms with E-state index < -0.39 is 17.5 Å². The fourth-order valence-corrected chi connectivity index (χ4v) is 10.6. The van der Waals surface area contributed by atoms with Crippen LogP contribution in [0, 0.1) is 50.2 Å². The van der Waals surface area contributed by atoms with Gasteiger partial charge in [-0.25, -0.2) is 0 Å². The number of aliphatic hydroxyl groups is 2. The van der Waals surface area contributed by atoms with Crippen molar-refractivity contribution in [3.8, 4) is 0 Å². The first-order valence-electron chi connectivity index (χ1n) is 13.9. The molecule has 35 heavy (non-hydrogen) atoms. The second-order valence-corrected chi connectivity index (χ2v) is 14.7. The van der Waals surface area contributed by atoms with Crippen molar-refractivity contribution in [3.05, 3.63) is 11.6 Å². The molecule has 0 bridgehead atoms. The fourth-order valence-electron chi connectivity index (χ4n) is 10.6. The van der Waals surface area contributed by atoms with Gasteiger partial charge in [0.1, 0.15) is 11.2 Å². The average molecular weight is 487 g/mol. The van der Waals surface area contributed by atoms with Crippen molar-refractivity contribution in [1.29, 1.82) is 0 Å². The lowest BCUT2D eigenvalue weighted by Gasteiger charge is -2.71. The molecule has 4 saturated carbocycles. The number of carboxylic acid groups (broad SMARTS) is 1. The van der Waals surface area contributed by atoms with Crippen molar-refractivity contribution in [2.75, 3.05) is 6.61 Å². The molecule has 5 nitrogen and oxygen atoms in total. The third kappa shape index (κ3) is 2.94. The summed E-state index contributed by atoms with van der Waals surface area (Å²) < 4.78 is 0. The van der Waals surface area contributed by atoms with Crippen LogP contribution in [-0.2, 0) is 9.59 Å². The second kappa shape index (κ2) is 7.43. The Labute approximate surface area is 210 Å². The molecule has 3 N–H and O–H groups in total. The highest BCUT2D eigenvalue weighted by Gasteiger charge is 2.71. The van der Waals surface area contributed by atoms with E-state index in [9.17, 15) is 24.9 Å². The summed E-state index contributed by atoms with van der Waals surface area (Å²) in [6.45, 7) is 13.5. The number of carbonyl (C=O) groups is 2. The molecule has 0 aromatic carbocycles. The van der Waals surface area contributed by atoms with Gasteiger partial charge in [-0.05, 0) is 90.8 Å². The van der Waals surface area contributed by atoms with E-state index in [1.165, 1.54) is 5.57 Å². The van der Waals surface area contributed by atoms with Crippen molar-refractivity contribution in [3.63, 3.8) is 0 Å². The Bertz CT molecular complexity index is 983. The molecule has 0 amide bonds. The predicted molar refractivity (Wildman–Crippen MR) is 134 cm³/mol. The zero-order chi connectivity index (χ0) is 25.8. The number of carbonyl (C=O) groups excluding carboxylic acids is 1. The Kier molecular flexibility index (Phi) is 5.40. The van der Waals surface area contributed by atoms with Crippen LogP contribution in [0.5, 0.6) is 0 Å². The molecule has 0 aromatic heterocycles. The van der Waals surface area contributed by atoms with Crippen LogP contribution in [0.1, 0.15) is 99.3 Å². The Morgan fingerprint density at radius 3 is 2.31 bits per heavy atom. The van der Waals surface area contributed by atoms with Gasteiger partial charge in [0.2, 0.25) is 0 Å². The lowest BCUT2D eigenvalue weighted by molar-refractivity contribution is -0.208. The largest absolute Gasteiger partial charge is 0.481 e. The summed E-state index contributed by atoms with van der Waals surface area (Å²) in [4.78, 5) is 25.7. The highest BCUT2D eigenvalue weighted by Crippen LogP contribution is 2.75. The fraction of sp³-hybridized carbons (Fsp3) is 0.867. The maximum absolute atomic E-state index is 12.9. The molecule has 4 fully saturated rings. The molecule has 9 atom stereocenters. The van der Waals surface area contributed by atoms with Crippen molar-refractivity contribution in [2.45, 2.75) is 105 Å². The van der Waals surface area contributed by atoms with Gasteiger partial charge in [-0.3, -0.25) is 9.59 Å². The van der Waals surface area contributed by atoms with Crippen molar-refractivity contribution < 1.29 is 24.9 Å². The summed E-state index contributed by atoms with van der Waals surface area (Å²) in [5, 5.41) is 32.4. The van der Waals surface area contributed by atoms with E-state index in [-0.39, 0.29) is 39.6 Å². The predicted octanol–water partition coefficient (Wildman–Crippen LogP) is 5.39. The van der Waals surface area contributed by atoms with Crippen molar-refractivity contribution >= 4 is 11.8 Å². The first-order chi connectivity index (χ1) is 16.1. The van der Waals surface area contributed by atoms with Gasteiger partial charge < -0.3 is 15.3 Å². The third-order valence-corrected chi connectivity index (χ3v) is 13.1. The first-order valence-corrected chi connectivity index (χ1v) is 13.9. The van der Waals surface area contributed by atoms with E-state index >= 15 is 0 Å². The van der Waals surface area contributed by atoms with Crippen LogP contribution in [0.25, 0.3) is 0 Å². The number of aliphatic hydroxyl groups excluding tert-OH is 2. The van der Waals surface area contributed by atoms with Crippen LogP contribution in [-0.4, -0.2) is 39.8 Å². The smallest absolute Gasteiger partial charge is 0.312 e. The molecule has 5 aliphatic carbocycles. The van der Waals surface area contributed by atoms with Crippen LogP contribution in [0.2, 0.25) is 0 Å². The molecule has 5 heteroatoms. The van der Waals surface area contributed by atoms with Crippen molar-refractivity contribution in [1.82, 2.24) is 0 Å². The van der Waals surface area contributed by atoms with E-state index in [0.717, 1.165) is 25.7 Å². The number of allylic oxidation sites excluding steroid dienone is 2. The average Bonchev–Trinajstić information content (AvgIpc) is 2.77. The van der Waals surface area contributed by atoms with Crippen molar-refractivity contribution in [2.24, 2.45) is 50.2 Å². The van der Waals surface area contributed by atoms with Crippen LogP contribution in [0.4, 0.5) is 0 Å². The minimum Gasteiger partial charge on any atom is -0.481 e. The summed E-state index contributed by atoms with van der Waals surface area (Å²) in [5.41, 5.74) is -0.883. The Morgan fingerprint density at radius 1 is 1.00 bits per heavy atom. The lowest BCUT2D eigenvalue weighted by Crippen LogP contribution is -2.67. The van der Waals surface area contributed by atoms with Crippen LogP contribution >= 0.6 is 0 Å². The summed E-state index contributed by atoms with van der Waals surface area (Å²) >= 11 is 0.